The van der Waals surface area contributed by atoms with E-state index in [1.807, 2.05) is 0 Å². The van der Waals surface area contributed by atoms with Crippen LogP contribution in [0.4, 0.5) is 4.39 Å². The summed E-state index contributed by atoms with van der Waals surface area (Å²) in [5.74, 6) is -1.95. The summed E-state index contributed by atoms with van der Waals surface area (Å²) in [6.07, 6.45) is 2.48. The lowest BCUT2D eigenvalue weighted by atomic mass is 9.81. The lowest BCUT2D eigenvalue weighted by Gasteiger charge is -2.29. The molecule has 0 heterocycles. The highest BCUT2D eigenvalue weighted by atomic mass is 19.1. The summed E-state index contributed by atoms with van der Waals surface area (Å²) in [7, 11) is 1.64. The first-order chi connectivity index (χ1) is 9.99. The molecule has 0 spiro atoms. The van der Waals surface area contributed by atoms with Crippen molar-refractivity contribution in [3.05, 3.63) is 35.6 Å². The van der Waals surface area contributed by atoms with Crippen LogP contribution in [0.25, 0.3) is 0 Å². The van der Waals surface area contributed by atoms with E-state index >= 15 is 0 Å². The number of hydrogen-bond donors (Lipinski definition) is 1. The number of hydrogen-bond acceptors (Lipinski definition) is 2. The third kappa shape index (κ3) is 3.80. The number of carboxylic acid groups (broad SMARTS) is 1. The molecule has 21 heavy (non-hydrogen) atoms. The van der Waals surface area contributed by atoms with Crippen LogP contribution in [0.2, 0.25) is 0 Å². The van der Waals surface area contributed by atoms with Crippen LogP contribution in [0.15, 0.2) is 24.3 Å². The molecule has 4 nitrogen and oxygen atoms in total. The summed E-state index contributed by atoms with van der Waals surface area (Å²) in [6.45, 7) is 0.208. The van der Waals surface area contributed by atoms with Crippen molar-refractivity contribution < 1.29 is 19.1 Å². The maximum atomic E-state index is 13.6. The van der Waals surface area contributed by atoms with Crippen molar-refractivity contribution in [2.75, 3.05) is 7.05 Å². The van der Waals surface area contributed by atoms with Crippen molar-refractivity contribution in [1.82, 2.24) is 4.90 Å². The second-order valence-electron chi connectivity index (χ2n) is 5.68. The summed E-state index contributed by atoms with van der Waals surface area (Å²) in [5.41, 5.74) is 0.471. The van der Waals surface area contributed by atoms with Gasteiger partial charge < -0.3 is 10.0 Å². The normalized spacial score (nSPS) is 21.8. The molecule has 114 valence electrons. The van der Waals surface area contributed by atoms with Crippen LogP contribution < -0.4 is 0 Å². The first-order valence-electron chi connectivity index (χ1n) is 7.20. The third-order valence-corrected chi connectivity index (χ3v) is 4.11. The van der Waals surface area contributed by atoms with E-state index < -0.39 is 11.9 Å². The summed E-state index contributed by atoms with van der Waals surface area (Å²) >= 11 is 0. The minimum Gasteiger partial charge on any atom is -0.481 e. The molecule has 1 saturated carbocycles. The quantitative estimate of drug-likeness (QED) is 0.928. The highest BCUT2D eigenvalue weighted by Crippen LogP contribution is 2.30. The Balaban J connectivity index is 1.99. The fourth-order valence-electron chi connectivity index (χ4n) is 2.91. The zero-order chi connectivity index (χ0) is 15.4. The van der Waals surface area contributed by atoms with E-state index in [1.54, 1.807) is 25.2 Å². The molecule has 0 radical (unpaired) electrons. The highest BCUT2D eigenvalue weighted by Gasteiger charge is 2.32. The largest absolute Gasteiger partial charge is 0.481 e. The van der Waals surface area contributed by atoms with Crippen LogP contribution in [-0.4, -0.2) is 28.9 Å². The molecule has 1 fully saturated rings. The molecule has 2 atom stereocenters. The topological polar surface area (TPSA) is 57.6 Å². The zero-order valence-corrected chi connectivity index (χ0v) is 12.1. The van der Waals surface area contributed by atoms with Crippen LogP contribution >= 0.6 is 0 Å². The highest BCUT2D eigenvalue weighted by molar-refractivity contribution is 5.80. The Labute approximate surface area is 123 Å². The number of benzene rings is 1. The van der Waals surface area contributed by atoms with Crippen LogP contribution in [0.5, 0.6) is 0 Å². The molecule has 1 aliphatic rings. The molecule has 1 aliphatic carbocycles. The molecule has 0 unspecified atom stereocenters. The lowest BCUT2D eigenvalue weighted by molar-refractivity contribution is -0.145. The molecule has 2 rings (SSSR count). The number of aliphatic carboxylic acids is 1. The number of halogens is 1. The first-order valence-corrected chi connectivity index (χ1v) is 7.20. The fourth-order valence-corrected chi connectivity index (χ4v) is 2.91. The van der Waals surface area contributed by atoms with E-state index in [4.69, 9.17) is 5.11 Å². The molecule has 1 aromatic rings. The van der Waals surface area contributed by atoms with Crippen molar-refractivity contribution in [2.24, 2.45) is 11.8 Å². The molecule has 5 heteroatoms. The van der Waals surface area contributed by atoms with Crippen molar-refractivity contribution in [2.45, 2.75) is 32.2 Å². The minimum atomic E-state index is -0.829. The monoisotopic (exact) mass is 293 g/mol. The number of carbonyl (C=O) groups is 2. The number of carbonyl (C=O) groups excluding carboxylic acids is 1. The predicted octanol–water partition coefficient (Wildman–Crippen LogP) is 2.68. The van der Waals surface area contributed by atoms with Gasteiger partial charge in [0.25, 0.3) is 0 Å². The van der Waals surface area contributed by atoms with Gasteiger partial charge in [-0.05, 0) is 25.3 Å². The Bertz CT molecular complexity index is 532. The van der Waals surface area contributed by atoms with Crippen molar-refractivity contribution in [3.8, 4) is 0 Å². The molecular formula is C16H20FNO3. The van der Waals surface area contributed by atoms with Gasteiger partial charge in [-0.15, -0.1) is 0 Å². The van der Waals surface area contributed by atoms with Gasteiger partial charge in [0.1, 0.15) is 5.82 Å². The number of nitrogens with zero attached hydrogens (tertiary/aromatic N) is 1. The van der Waals surface area contributed by atoms with Crippen LogP contribution in [0, 0.1) is 17.7 Å². The second-order valence-corrected chi connectivity index (χ2v) is 5.68. The van der Waals surface area contributed by atoms with Crippen molar-refractivity contribution >= 4 is 11.9 Å². The van der Waals surface area contributed by atoms with Gasteiger partial charge in [0.05, 0.1) is 5.92 Å². The smallest absolute Gasteiger partial charge is 0.306 e. The summed E-state index contributed by atoms with van der Waals surface area (Å²) in [4.78, 5) is 24.9. The minimum absolute atomic E-state index is 0.0933. The molecule has 0 bridgehead atoms. The Kier molecular flexibility index (Phi) is 4.94. The average molecular weight is 293 g/mol. The average Bonchev–Trinajstić information content (AvgIpc) is 2.49. The molecule has 1 amide bonds. The predicted molar refractivity (Wildman–Crippen MR) is 76.0 cm³/mol. The van der Waals surface area contributed by atoms with Gasteiger partial charge in [-0.1, -0.05) is 24.6 Å². The maximum Gasteiger partial charge on any atom is 0.306 e. The van der Waals surface area contributed by atoms with Gasteiger partial charge in [0, 0.05) is 25.1 Å². The molecular weight excluding hydrogens is 273 g/mol. The van der Waals surface area contributed by atoms with Crippen molar-refractivity contribution in [3.63, 3.8) is 0 Å². The Hall–Kier alpha value is -1.91. The molecule has 0 aromatic heterocycles. The van der Waals surface area contributed by atoms with Gasteiger partial charge in [-0.25, -0.2) is 4.39 Å². The lowest BCUT2D eigenvalue weighted by Crippen LogP contribution is -2.36. The van der Waals surface area contributed by atoms with E-state index in [9.17, 15) is 14.0 Å². The van der Waals surface area contributed by atoms with Crippen LogP contribution in [-0.2, 0) is 16.1 Å². The fraction of sp³-hybridized carbons (Fsp3) is 0.500. The van der Waals surface area contributed by atoms with E-state index in [-0.39, 0.29) is 24.2 Å². The number of amides is 1. The van der Waals surface area contributed by atoms with Gasteiger partial charge in [0.15, 0.2) is 0 Å². The zero-order valence-electron chi connectivity index (χ0n) is 12.1. The van der Waals surface area contributed by atoms with Gasteiger partial charge in [0.2, 0.25) is 5.91 Å². The molecule has 1 aromatic carbocycles. The third-order valence-electron chi connectivity index (χ3n) is 4.11. The Morgan fingerprint density at radius 3 is 2.62 bits per heavy atom. The number of carboxylic acids is 1. The van der Waals surface area contributed by atoms with E-state index in [0.717, 1.165) is 6.42 Å². The van der Waals surface area contributed by atoms with E-state index in [1.165, 1.54) is 11.0 Å². The van der Waals surface area contributed by atoms with E-state index in [0.29, 0.717) is 24.8 Å². The summed E-state index contributed by atoms with van der Waals surface area (Å²) in [5, 5.41) is 9.07. The van der Waals surface area contributed by atoms with Gasteiger partial charge in [-0.3, -0.25) is 9.59 Å². The Morgan fingerprint density at radius 1 is 1.29 bits per heavy atom. The number of rotatable bonds is 4. The standard InChI is InChI=1S/C16H20FNO3/c1-18(10-13-5-2-3-8-14(13)17)15(19)11-6-4-7-12(9-11)16(20)21/h2-3,5,8,11-12H,4,6-7,9-10H2,1H3,(H,20,21)/t11-,12-/m0/s1. The van der Waals surface area contributed by atoms with Gasteiger partial charge in [-0.2, -0.15) is 0 Å². The molecule has 1 N–H and O–H groups in total. The Morgan fingerprint density at radius 2 is 1.95 bits per heavy atom. The van der Waals surface area contributed by atoms with Gasteiger partial charge >= 0.3 is 5.97 Å². The van der Waals surface area contributed by atoms with Crippen LogP contribution in [0.3, 0.4) is 0 Å². The van der Waals surface area contributed by atoms with Crippen LogP contribution in [0.1, 0.15) is 31.2 Å². The van der Waals surface area contributed by atoms with Crippen molar-refractivity contribution in [1.29, 1.82) is 0 Å². The summed E-state index contributed by atoms with van der Waals surface area (Å²) < 4.78 is 13.6. The van der Waals surface area contributed by atoms with E-state index in [2.05, 4.69) is 0 Å². The maximum absolute atomic E-state index is 13.6. The molecule has 0 saturated heterocycles. The first kappa shape index (κ1) is 15.5. The second kappa shape index (κ2) is 6.70. The SMILES string of the molecule is CN(Cc1ccccc1F)C(=O)[C@H]1CCC[C@H](C(=O)O)C1. The summed E-state index contributed by atoms with van der Waals surface area (Å²) in [6, 6.07) is 6.37. The molecule has 0 aliphatic heterocycles.